The zero-order chi connectivity index (χ0) is 18.2. The van der Waals surface area contributed by atoms with Gasteiger partial charge in [-0.25, -0.2) is 0 Å². The molecule has 0 radical (unpaired) electrons. The molecule has 6 rings (SSSR count). The molecule has 1 aliphatic heterocycles. The Morgan fingerprint density at radius 2 is 1.96 bits per heavy atom. The van der Waals surface area contributed by atoms with Gasteiger partial charge in [-0.1, -0.05) is 20.4 Å². The van der Waals surface area contributed by atoms with Crippen molar-refractivity contribution in [3.8, 4) is 0 Å². The fraction of sp³-hybridized carbons (Fsp3) is 0.909. The number of hydrogen-bond donors (Lipinski definition) is 3. The monoisotopic (exact) mass is 359 g/mol. The number of piperidine rings is 1. The average Bonchev–Trinajstić information content (AvgIpc) is 3.14. The minimum atomic E-state index is -0.500. The fourth-order valence-electron chi connectivity index (χ4n) is 9.97. The van der Waals surface area contributed by atoms with Crippen LogP contribution in [0.2, 0.25) is 0 Å². The maximum atomic E-state index is 11.5. The highest BCUT2D eigenvalue weighted by atomic mass is 16.3. The highest BCUT2D eigenvalue weighted by Crippen LogP contribution is 2.83. The van der Waals surface area contributed by atoms with Gasteiger partial charge in [-0.05, 0) is 67.4 Å². The van der Waals surface area contributed by atoms with Gasteiger partial charge in [-0.2, -0.15) is 0 Å². The van der Waals surface area contributed by atoms with Gasteiger partial charge in [0.1, 0.15) is 0 Å². The molecule has 0 unspecified atom stereocenters. The van der Waals surface area contributed by atoms with Crippen molar-refractivity contribution in [2.75, 3.05) is 13.1 Å². The molecule has 3 N–H and O–H groups in total. The van der Waals surface area contributed by atoms with Crippen LogP contribution in [0.25, 0.3) is 0 Å². The molecular weight excluding hydrogens is 326 g/mol. The summed E-state index contributed by atoms with van der Waals surface area (Å²) in [4.78, 5) is 2.65. The third kappa shape index (κ3) is 1.37. The van der Waals surface area contributed by atoms with Crippen LogP contribution in [0, 0.1) is 39.9 Å². The number of likely N-dealkylation sites (tertiary alicyclic amines) is 1. The molecule has 0 amide bonds. The van der Waals surface area contributed by atoms with Crippen LogP contribution in [0.4, 0.5) is 0 Å². The Morgan fingerprint density at radius 1 is 1.19 bits per heavy atom. The van der Waals surface area contributed by atoms with E-state index in [1.807, 2.05) is 0 Å². The van der Waals surface area contributed by atoms with Crippen molar-refractivity contribution < 1.29 is 15.3 Å². The summed E-state index contributed by atoms with van der Waals surface area (Å²) in [6.07, 6.45) is 3.58. The van der Waals surface area contributed by atoms with E-state index in [0.717, 1.165) is 50.8 Å². The quantitative estimate of drug-likeness (QED) is 0.625. The zero-order valence-corrected chi connectivity index (χ0v) is 16.1. The van der Waals surface area contributed by atoms with E-state index in [2.05, 4.69) is 25.3 Å². The van der Waals surface area contributed by atoms with Crippen molar-refractivity contribution in [3.63, 3.8) is 0 Å². The van der Waals surface area contributed by atoms with Gasteiger partial charge in [0.2, 0.25) is 0 Å². The first-order valence-corrected chi connectivity index (χ1v) is 10.8. The molecule has 0 aromatic carbocycles. The van der Waals surface area contributed by atoms with E-state index < -0.39 is 12.2 Å². The van der Waals surface area contributed by atoms with Crippen LogP contribution in [-0.4, -0.2) is 57.7 Å². The highest BCUT2D eigenvalue weighted by Gasteiger charge is 2.85. The Labute approximate surface area is 156 Å². The van der Waals surface area contributed by atoms with Gasteiger partial charge in [-0.3, -0.25) is 4.90 Å². The van der Waals surface area contributed by atoms with Gasteiger partial charge < -0.3 is 15.3 Å². The smallest absolute Gasteiger partial charge is 0.0813 e. The van der Waals surface area contributed by atoms with Gasteiger partial charge >= 0.3 is 0 Å². The molecule has 5 saturated carbocycles. The lowest BCUT2D eigenvalue weighted by atomic mass is 9.43. The third-order valence-electron chi connectivity index (χ3n) is 10.6. The molecule has 6 aliphatic rings. The second-order valence-corrected chi connectivity index (χ2v) is 10.9. The Bertz CT molecular complexity index is 695. The van der Waals surface area contributed by atoms with E-state index >= 15 is 0 Å². The highest BCUT2D eigenvalue weighted by molar-refractivity contribution is 5.39. The summed E-state index contributed by atoms with van der Waals surface area (Å²) in [6.45, 7) is 11.1. The predicted octanol–water partition coefficient (Wildman–Crippen LogP) is 1.79. The first kappa shape index (κ1) is 16.5. The lowest BCUT2D eigenvalue weighted by Gasteiger charge is -2.65. The maximum Gasteiger partial charge on any atom is 0.0813 e. The fourth-order valence-corrected chi connectivity index (χ4v) is 9.97. The molecule has 0 aromatic heterocycles. The molecule has 4 heteroatoms. The number of aliphatic hydroxyl groups excluding tert-OH is 3. The molecule has 6 fully saturated rings. The van der Waals surface area contributed by atoms with Crippen molar-refractivity contribution in [2.24, 2.45) is 39.9 Å². The lowest BCUT2D eigenvalue weighted by molar-refractivity contribution is -0.218. The van der Waals surface area contributed by atoms with Gasteiger partial charge in [-0.15, -0.1) is 0 Å². The van der Waals surface area contributed by atoms with Crippen LogP contribution in [0.3, 0.4) is 0 Å². The summed E-state index contributed by atoms with van der Waals surface area (Å²) in [7, 11) is 0. The standard InChI is InChI=1S/C22H33NO3/c1-4-23-10-20(3)6-5-17(25)22-15(20)7-13(18(22)23)21-9-12(11(2)19(21)26)14(24)8-16(21)22/h12-19,24-26H,2,4-10H2,1,3H3/t12-,13-,14-,15+,16+,17-,18-,19+,20-,21-,22-/m0/s1. The van der Waals surface area contributed by atoms with E-state index in [9.17, 15) is 15.3 Å². The summed E-state index contributed by atoms with van der Waals surface area (Å²) in [5, 5.41) is 33.8. The normalized spacial score (nSPS) is 65.5. The number of fused-ring (bicyclic) bond motifs is 1. The third-order valence-corrected chi connectivity index (χ3v) is 10.6. The van der Waals surface area contributed by atoms with E-state index in [1.54, 1.807) is 0 Å². The molecule has 1 heterocycles. The lowest BCUT2D eigenvalue weighted by Crippen LogP contribution is -2.68. The molecular formula is C22H33NO3. The molecule has 11 atom stereocenters. The zero-order valence-electron chi connectivity index (χ0n) is 16.1. The van der Waals surface area contributed by atoms with E-state index in [1.165, 1.54) is 0 Å². The maximum absolute atomic E-state index is 11.5. The summed E-state index contributed by atoms with van der Waals surface area (Å²) in [5.74, 6) is 1.26. The first-order valence-electron chi connectivity index (χ1n) is 10.8. The first-order chi connectivity index (χ1) is 12.3. The number of nitrogens with zero attached hydrogens (tertiary/aromatic N) is 1. The van der Waals surface area contributed by atoms with Gasteiger partial charge in [0.25, 0.3) is 0 Å². The summed E-state index contributed by atoms with van der Waals surface area (Å²) < 4.78 is 0. The topological polar surface area (TPSA) is 63.9 Å². The Kier molecular flexibility index (Phi) is 2.92. The second-order valence-electron chi connectivity index (χ2n) is 10.9. The Morgan fingerprint density at radius 3 is 2.69 bits per heavy atom. The SMILES string of the molecule is C=C1[C@@H](O)[C@]23C[C@@H]1[C@@H](O)C[C@H]2[C@@]12[C@@H]4[C@@H]3C[C@@H]1[C@@](C)(CC[C@@H]2O)CN4CC. The van der Waals surface area contributed by atoms with Crippen LogP contribution in [0.1, 0.15) is 46.0 Å². The molecule has 7 bridgehead atoms. The van der Waals surface area contributed by atoms with E-state index in [4.69, 9.17) is 0 Å². The average molecular weight is 360 g/mol. The molecule has 5 aliphatic carbocycles. The van der Waals surface area contributed by atoms with Gasteiger partial charge in [0, 0.05) is 29.3 Å². The second kappa shape index (κ2) is 4.59. The van der Waals surface area contributed by atoms with Crippen LogP contribution in [0.5, 0.6) is 0 Å². The minimum absolute atomic E-state index is 0.0547. The summed E-state index contributed by atoms with van der Waals surface area (Å²) >= 11 is 0. The molecule has 2 spiro atoms. The van der Waals surface area contributed by atoms with Crippen LogP contribution < -0.4 is 0 Å². The molecule has 0 aromatic rings. The Hall–Kier alpha value is -0.420. The van der Waals surface area contributed by atoms with Crippen molar-refractivity contribution in [2.45, 2.75) is 70.3 Å². The minimum Gasteiger partial charge on any atom is -0.392 e. The number of hydrogen-bond acceptors (Lipinski definition) is 4. The largest absolute Gasteiger partial charge is 0.392 e. The molecule has 26 heavy (non-hydrogen) atoms. The van der Waals surface area contributed by atoms with Crippen molar-refractivity contribution in [1.82, 2.24) is 4.90 Å². The summed E-state index contributed by atoms with van der Waals surface area (Å²) in [6, 6.07) is 0.373. The molecule has 144 valence electrons. The van der Waals surface area contributed by atoms with E-state index in [0.29, 0.717) is 17.9 Å². The number of rotatable bonds is 1. The Balaban J connectivity index is 1.61. The molecule has 4 nitrogen and oxygen atoms in total. The summed E-state index contributed by atoms with van der Waals surface area (Å²) in [5.41, 5.74) is 0.849. The van der Waals surface area contributed by atoms with Gasteiger partial charge in [0.05, 0.1) is 18.3 Å². The van der Waals surface area contributed by atoms with Gasteiger partial charge in [0.15, 0.2) is 0 Å². The predicted molar refractivity (Wildman–Crippen MR) is 98.2 cm³/mol. The molecule has 1 saturated heterocycles. The van der Waals surface area contributed by atoms with Crippen LogP contribution in [-0.2, 0) is 0 Å². The van der Waals surface area contributed by atoms with Crippen molar-refractivity contribution in [1.29, 1.82) is 0 Å². The van der Waals surface area contributed by atoms with Crippen molar-refractivity contribution >= 4 is 0 Å². The van der Waals surface area contributed by atoms with E-state index in [-0.39, 0.29) is 34.2 Å². The van der Waals surface area contributed by atoms with Crippen LogP contribution in [0.15, 0.2) is 12.2 Å². The number of aliphatic hydroxyl groups is 3. The van der Waals surface area contributed by atoms with Crippen molar-refractivity contribution in [3.05, 3.63) is 12.2 Å². The van der Waals surface area contributed by atoms with Crippen LogP contribution >= 0.6 is 0 Å².